The first kappa shape index (κ1) is 16.4. The fraction of sp³-hybridized carbons (Fsp3) is 0.556. The topological polar surface area (TPSA) is 45.2 Å². The second-order valence-electron chi connectivity index (χ2n) is 6.74. The zero-order chi connectivity index (χ0) is 16.4. The summed E-state index contributed by atoms with van der Waals surface area (Å²) < 4.78 is 2.18. The Labute approximate surface area is 151 Å². The summed E-state index contributed by atoms with van der Waals surface area (Å²) in [5.41, 5.74) is 1.03. The van der Waals surface area contributed by atoms with Crippen LogP contribution in [0.5, 0.6) is 0 Å². The summed E-state index contributed by atoms with van der Waals surface area (Å²) in [5, 5.41) is 3.66. The van der Waals surface area contributed by atoms with Gasteiger partial charge in [0.25, 0.3) is 0 Å². The Bertz CT molecular complexity index is 672. The molecule has 1 saturated carbocycles. The van der Waals surface area contributed by atoms with Gasteiger partial charge in [-0.25, -0.2) is 4.98 Å². The van der Waals surface area contributed by atoms with Crippen LogP contribution in [0.3, 0.4) is 0 Å². The highest BCUT2D eigenvalue weighted by atomic mass is 32.2. The molecule has 0 bridgehead atoms. The molecule has 1 N–H and O–H groups in total. The molecular formula is C18H23N3OS2. The van der Waals surface area contributed by atoms with Crippen LogP contribution >= 0.6 is 23.1 Å². The first-order valence-corrected chi connectivity index (χ1v) is 10.6. The van der Waals surface area contributed by atoms with Gasteiger partial charge in [0.15, 0.2) is 4.34 Å². The van der Waals surface area contributed by atoms with Crippen molar-refractivity contribution in [3.05, 3.63) is 24.3 Å². The lowest BCUT2D eigenvalue weighted by molar-refractivity contribution is -0.129. The number of carbonyl (C=O) groups is 1. The summed E-state index contributed by atoms with van der Waals surface area (Å²) in [4.78, 5) is 19.0. The Morgan fingerprint density at radius 2 is 2.04 bits per heavy atom. The lowest BCUT2D eigenvalue weighted by atomic mass is 10.0. The van der Waals surface area contributed by atoms with Gasteiger partial charge < -0.3 is 10.2 Å². The number of hydrogen-bond acceptors (Lipinski definition) is 5. The van der Waals surface area contributed by atoms with Crippen LogP contribution in [0.2, 0.25) is 0 Å². The van der Waals surface area contributed by atoms with Crippen LogP contribution in [0.1, 0.15) is 25.7 Å². The Balaban J connectivity index is 1.23. The average Bonchev–Trinajstić information content (AvgIpc) is 3.35. The molecule has 24 heavy (non-hydrogen) atoms. The molecule has 1 saturated heterocycles. The number of nitrogens with one attached hydrogen (secondary N) is 1. The van der Waals surface area contributed by atoms with Crippen LogP contribution in [-0.2, 0) is 4.79 Å². The summed E-state index contributed by atoms with van der Waals surface area (Å²) in [6.07, 6.45) is 4.97. The van der Waals surface area contributed by atoms with Crippen LogP contribution < -0.4 is 5.32 Å². The Morgan fingerprint density at radius 1 is 1.25 bits per heavy atom. The van der Waals surface area contributed by atoms with Gasteiger partial charge in [-0.1, -0.05) is 23.9 Å². The largest absolute Gasteiger partial charge is 0.342 e. The highest BCUT2D eigenvalue weighted by Crippen LogP contribution is 2.30. The molecule has 1 amide bonds. The van der Waals surface area contributed by atoms with E-state index >= 15 is 0 Å². The SMILES string of the molecule is O=C(CSc1nc2ccccc2s1)N1CCC(NCC2CC2)CC1. The van der Waals surface area contributed by atoms with E-state index in [1.165, 1.54) is 24.1 Å². The van der Waals surface area contributed by atoms with Gasteiger partial charge in [0.2, 0.25) is 5.91 Å². The van der Waals surface area contributed by atoms with Crippen molar-refractivity contribution < 1.29 is 4.79 Å². The van der Waals surface area contributed by atoms with E-state index in [0.717, 1.165) is 41.7 Å². The average molecular weight is 362 g/mol. The maximum absolute atomic E-state index is 12.4. The van der Waals surface area contributed by atoms with E-state index in [4.69, 9.17) is 0 Å². The lowest BCUT2D eigenvalue weighted by Gasteiger charge is -2.32. The third-order valence-corrected chi connectivity index (χ3v) is 7.00. The van der Waals surface area contributed by atoms with Gasteiger partial charge in [0.1, 0.15) is 0 Å². The number of para-hydroxylation sites is 1. The Morgan fingerprint density at radius 3 is 2.79 bits per heavy atom. The maximum Gasteiger partial charge on any atom is 0.233 e. The van der Waals surface area contributed by atoms with Crippen LogP contribution in [0.4, 0.5) is 0 Å². The van der Waals surface area contributed by atoms with Gasteiger partial charge in [-0.15, -0.1) is 11.3 Å². The van der Waals surface area contributed by atoms with E-state index in [0.29, 0.717) is 11.8 Å². The zero-order valence-electron chi connectivity index (χ0n) is 13.7. The Kier molecular flexibility index (Phi) is 5.06. The fourth-order valence-electron chi connectivity index (χ4n) is 3.12. The van der Waals surface area contributed by atoms with Crippen molar-refractivity contribution in [2.24, 2.45) is 5.92 Å². The molecule has 1 aromatic heterocycles. The molecule has 2 aromatic rings. The summed E-state index contributed by atoms with van der Waals surface area (Å²) in [5.74, 6) is 1.68. The minimum Gasteiger partial charge on any atom is -0.342 e. The summed E-state index contributed by atoms with van der Waals surface area (Å²) in [6, 6.07) is 8.74. The number of fused-ring (bicyclic) bond motifs is 1. The predicted molar refractivity (Wildman–Crippen MR) is 101 cm³/mol. The van der Waals surface area contributed by atoms with Gasteiger partial charge >= 0.3 is 0 Å². The quantitative estimate of drug-likeness (QED) is 0.801. The normalized spacial score (nSPS) is 19.1. The first-order chi connectivity index (χ1) is 11.8. The van der Waals surface area contributed by atoms with E-state index in [9.17, 15) is 4.79 Å². The highest BCUT2D eigenvalue weighted by Gasteiger charge is 2.26. The predicted octanol–water partition coefficient (Wildman–Crippen LogP) is 3.38. The van der Waals surface area contributed by atoms with Crippen LogP contribution in [0.25, 0.3) is 10.2 Å². The van der Waals surface area contributed by atoms with Gasteiger partial charge in [-0.2, -0.15) is 0 Å². The van der Waals surface area contributed by atoms with E-state index in [-0.39, 0.29) is 5.91 Å². The molecular weight excluding hydrogens is 338 g/mol. The minimum atomic E-state index is 0.250. The van der Waals surface area contributed by atoms with Gasteiger partial charge in [-0.3, -0.25) is 4.79 Å². The molecule has 4 nitrogen and oxygen atoms in total. The molecule has 0 atom stereocenters. The van der Waals surface area contributed by atoms with E-state index in [1.54, 1.807) is 23.1 Å². The molecule has 0 radical (unpaired) electrons. The number of thiazole rings is 1. The van der Waals surface area contributed by atoms with Crippen molar-refractivity contribution in [1.82, 2.24) is 15.2 Å². The van der Waals surface area contributed by atoms with Crippen molar-refractivity contribution in [3.63, 3.8) is 0 Å². The molecule has 0 unspecified atom stereocenters. The van der Waals surface area contributed by atoms with Gasteiger partial charge in [0.05, 0.1) is 16.0 Å². The number of nitrogens with zero attached hydrogens (tertiary/aromatic N) is 2. The maximum atomic E-state index is 12.4. The van der Waals surface area contributed by atoms with Crippen LogP contribution in [-0.4, -0.2) is 47.2 Å². The smallest absolute Gasteiger partial charge is 0.233 e. The number of hydrogen-bond donors (Lipinski definition) is 1. The number of thioether (sulfide) groups is 1. The van der Waals surface area contributed by atoms with Crippen molar-refractivity contribution in [2.75, 3.05) is 25.4 Å². The summed E-state index contributed by atoms with van der Waals surface area (Å²) >= 11 is 3.24. The van der Waals surface area contributed by atoms with Crippen LogP contribution in [0.15, 0.2) is 28.6 Å². The number of piperidine rings is 1. The molecule has 2 fully saturated rings. The summed E-state index contributed by atoms with van der Waals surface area (Å²) in [7, 11) is 0. The molecule has 4 rings (SSSR count). The summed E-state index contributed by atoms with van der Waals surface area (Å²) in [6.45, 7) is 2.95. The minimum absolute atomic E-state index is 0.250. The van der Waals surface area contributed by atoms with Crippen LogP contribution in [0, 0.1) is 5.92 Å². The molecule has 2 heterocycles. The molecule has 6 heteroatoms. The standard InChI is InChI=1S/C18H23N3OS2/c22-17(12-23-18-20-15-3-1-2-4-16(15)24-18)21-9-7-14(8-10-21)19-11-13-5-6-13/h1-4,13-14,19H,5-12H2. The van der Waals surface area contributed by atoms with Crippen molar-refractivity contribution >= 4 is 39.2 Å². The third-order valence-electron chi connectivity index (χ3n) is 4.83. The van der Waals surface area contributed by atoms with Gasteiger partial charge in [-0.05, 0) is 50.3 Å². The Hall–Kier alpha value is -1.11. The second-order valence-corrected chi connectivity index (χ2v) is 9.00. The molecule has 1 aliphatic carbocycles. The number of benzene rings is 1. The molecule has 128 valence electrons. The van der Waals surface area contributed by atoms with Crippen molar-refractivity contribution in [2.45, 2.75) is 36.1 Å². The molecule has 1 aliphatic heterocycles. The number of aromatic nitrogens is 1. The second kappa shape index (κ2) is 7.42. The monoisotopic (exact) mass is 361 g/mol. The first-order valence-electron chi connectivity index (χ1n) is 8.77. The van der Waals surface area contributed by atoms with E-state index < -0.39 is 0 Å². The number of carbonyl (C=O) groups excluding carboxylic acids is 1. The van der Waals surface area contributed by atoms with Crippen molar-refractivity contribution in [1.29, 1.82) is 0 Å². The molecule has 2 aliphatic rings. The van der Waals surface area contributed by atoms with Crippen molar-refractivity contribution in [3.8, 4) is 0 Å². The lowest BCUT2D eigenvalue weighted by Crippen LogP contribution is -2.45. The zero-order valence-corrected chi connectivity index (χ0v) is 15.4. The van der Waals surface area contributed by atoms with E-state index in [2.05, 4.69) is 16.4 Å². The number of amides is 1. The van der Waals surface area contributed by atoms with E-state index in [1.807, 2.05) is 23.1 Å². The highest BCUT2D eigenvalue weighted by molar-refractivity contribution is 8.01. The third kappa shape index (κ3) is 4.10. The number of likely N-dealkylation sites (tertiary alicyclic amines) is 1. The van der Waals surface area contributed by atoms with Gasteiger partial charge in [0, 0.05) is 19.1 Å². The molecule has 0 spiro atoms. The fourth-order valence-corrected chi connectivity index (χ4v) is 5.09. The molecule has 1 aromatic carbocycles. The number of rotatable bonds is 6.